The van der Waals surface area contributed by atoms with E-state index in [0.29, 0.717) is 47.9 Å². The van der Waals surface area contributed by atoms with E-state index < -0.39 is 6.10 Å². The molecule has 1 aromatic heterocycles. The van der Waals surface area contributed by atoms with E-state index in [-0.39, 0.29) is 36.8 Å². The molecule has 4 heterocycles. The zero-order chi connectivity index (χ0) is 29.3. The normalized spacial score (nSPS) is 19.3. The van der Waals surface area contributed by atoms with E-state index in [9.17, 15) is 14.4 Å². The van der Waals surface area contributed by atoms with Gasteiger partial charge in [-0.15, -0.1) is 11.3 Å². The van der Waals surface area contributed by atoms with Crippen molar-refractivity contribution in [3.63, 3.8) is 0 Å². The van der Waals surface area contributed by atoms with E-state index in [1.807, 2.05) is 66.0 Å². The van der Waals surface area contributed by atoms with E-state index in [4.69, 9.17) is 9.47 Å². The molecule has 0 bridgehead atoms. The maximum absolute atomic E-state index is 13.7. The molecule has 1 saturated heterocycles. The maximum atomic E-state index is 13.7. The molecular weight excluding hydrogens is 564 g/mol. The highest BCUT2D eigenvalue weighted by Crippen LogP contribution is 2.36. The van der Waals surface area contributed by atoms with E-state index in [1.165, 1.54) is 16.2 Å². The van der Waals surface area contributed by atoms with Gasteiger partial charge in [-0.05, 0) is 37.1 Å². The third kappa shape index (κ3) is 5.34. The fourth-order valence-electron chi connectivity index (χ4n) is 5.95. The minimum absolute atomic E-state index is 0.0347. The van der Waals surface area contributed by atoms with Crippen LogP contribution in [-0.4, -0.2) is 60.0 Å². The first-order valence-electron chi connectivity index (χ1n) is 14.5. The second kappa shape index (κ2) is 11.5. The van der Waals surface area contributed by atoms with Crippen LogP contribution in [-0.2, 0) is 11.3 Å². The van der Waals surface area contributed by atoms with Crippen molar-refractivity contribution in [2.75, 3.05) is 31.1 Å². The van der Waals surface area contributed by atoms with Crippen molar-refractivity contribution >= 4 is 34.7 Å². The van der Waals surface area contributed by atoms with Crippen molar-refractivity contribution in [2.45, 2.75) is 25.5 Å². The summed E-state index contributed by atoms with van der Waals surface area (Å²) < 4.78 is 11.8. The molecule has 0 unspecified atom stereocenters. The number of benzene rings is 3. The number of hydrogen-bond acceptors (Lipinski definition) is 8. The first-order chi connectivity index (χ1) is 21.0. The highest BCUT2D eigenvalue weighted by Gasteiger charge is 2.41. The van der Waals surface area contributed by atoms with Crippen molar-refractivity contribution in [3.8, 4) is 22.8 Å². The summed E-state index contributed by atoms with van der Waals surface area (Å²) in [4.78, 5) is 48.2. The summed E-state index contributed by atoms with van der Waals surface area (Å²) >= 11 is 1.53. The molecular formula is C33H30N4O5S. The minimum atomic E-state index is -0.467. The molecule has 7 rings (SSSR count). The molecule has 2 atom stereocenters. The Morgan fingerprint density at radius 3 is 2.65 bits per heavy atom. The molecule has 0 radical (unpaired) electrons. The number of thiazole rings is 1. The van der Waals surface area contributed by atoms with Gasteiger partial charge >= 0.3 is 0 Å². The molecule has 3 aromatic carbocycles. The minimum Gasteiger partial charge on any atom is -0.486 e. The SMILES string of the molecule is O=C(NCc1nc(-c2ccccc2)cs1)[C@@H]1CCCN(c2cccc3c2C(=O)N(C[C@H]2COc4ccccc4O2)C3=O)C1. The van der Waals surface area contributed by atoms with Gasteiger partial charge in [0.25, 0.3) is 11.8 Å². The van der Waals surface area contributed by atoms with Gasteiger partial charge in [-0.25, -0.2) is 4.98 Å². The number of ether oxygens (including phenoxy) is 2. The van der Waals surface area contributed by atoms with Crippen molar-refractivity contribution in [2.24, 2.45) is 5.92 Å². The zero-order valence-electron chi connectivity index (χ0n) is 23.4. The number of amides is 3. The summed E-state index contributed by atoms with van der Waals surface area (Å²) in [7, 11) is 0. The molecule has 0 aliphatic carbocycles. The predicted molar refractivity (Wildman–Crippen MR) is 162 cm³/mol. The van der Waals surface area contributed by atoms with Crippen LogP contribution < -0.4 is 19.7 Å². The van der Waals surface area contributed by atoms with Crippen molar-refractivity contribution in [3.05, 3.63) is 94.3 Å². The number of nitrogens with one attached hydrogen (secondary N) is 1. The monoisotopic (exact) mass is 594 g/mol. The number of carbonyl (C=O) groups excluding carboxylic acids is 3. The highest BCUT2D eigenvalue weighted by molar-refractivity contribution is 7.09. The molecule has 43 heavy (non-hydrogen) atoms. The molecule has 0 saturated carbocycles. The Morgan fingerprint density at radius 2 is 1.79 bits per heavy atom. The number of rotatable bonds is 7. The van der Waals surface area contributed by atoms with Crippen LogP contribution in [0.25, 0.3) is 11.3 Å². The van der Waals surface area contributed by atoms with Crippen LogP contribution in [0.1, 0.15) is 38.6 Å². The largest absolute Gasteiger partial charge is 0.486 e. The van der Waals surface area contributed by atoms with Crippen molar-refractivity contribution < 1.29 is 23.9 Å². The summed E-state index contributed by atoms with van der Waals surface area (Å²) in [5, 5.41) is 5.91. The molecule has 4 aromatic rings. The number of fused-ring (bicyclic) bond motifs is 2. The summed E-state index contributed by atoms with van der Waals surface area (Å²) in [6, 6.07) is 22.7. The number of anilines is 1. The third-order valence-electron chi connectivity index (χ3n) is 8.10. The van der Waals surface area contributed by atoms with Gasteiger partial charge in [-0.1, -0.05) is 48.5 Å². The van der Waals surface area contributed by atoms with Crippen LogP contribution in [0.5, 0.6) is 11.5 Å². The molecule has 10 heteroatoms. The van der Waals surface area contributed by atoms with Gasteiger partial charge in [0.15, 0.2) is 17.6 Å². The standard InChI is InChI=1S/C33H30N4O5S/c38-31(34-16-29-35-25(20-43-29)21-8-2-1-3-9-21)22-10-7-15-36(17-22)26-12-6-11-24-30(26)33(40)37(32(24)39)18-23-19-41-27-13-4-5-14-28(27)42-23/h1-6,8-9,11-14,20,22-23H,7,10,15-19H2,(H,34,38)/t22-,23+/m1/s1. The molecule has 9 nitrogen and oxygen atoms in total. The van der Waals surface area contributed by atoms with Crippen LogP contribution >= 0.6 is 11.3 Å². The van der Waals surface area contributed by atoms with Gasteiger partial charge < -0.3 is 19.7 Å². The van der Waals surface area contributed by atoms with E-state index in [0.717, 1.165) is 29.1 Å². The third-order valence-corrected chi connectivity index (χ3v) is 8.95. The molecule has 0 spiro atoms. The van der Waals surface area contributed by atoms with Crippen LogP contribution in [0.15, 0.2) is 78.2 Å². The van der Waals surface area contributed by atoms with Gasteiger partial charge in [0.2, 0.25) is 5.91 Å². The lowest BCUT2D eigenvalue weighted by Crippen LogP contribution is -2.44. The summed E-state index contributed by atoms with van der Waals surface area (Å²) in [6.45, 7) is 1.87. The second-order valence-electron chi connectivity index (χ2n) is 10.9. The average Bonchev–Trinajstić information content (AvgIpc) is 3.63. The first kappa shape index (κ1) is 27.2. The topological polar surface area (TPSA) is 101 Å². The molecule has 3 aliphatic heterocycles. The fraction of sp³-hybridized carbons (Fsp3) is 0.273. The molecule has 3 aliphatic rings. The number of nitrogens with zero attached hydrogens (tertiary/aromatic N) is 3. The van der Waals surface area contributed by atoms with Crippen LogP contribution in [0.3, 0.4) is 0 Å². The van der Waals surface area contributed by atoms with Crippen LogP contribution in [0, 0.1) is 5.92 Å². The Labute approximate surface area is 253 Å². The highest BCUT2D eigenvalue weighted by atomic mass is 32.1. The lowest BCUT2D eigenvalue weighted by Gasteiger charge is -2.34. The summed E-state index contributed by atoms with van der Waals surface area (Å²) in [5.74, 6) is 0.286. The number of piperidine rings is 1. The summed E-state index contributed by atoms with van der Waals surface area (Å²) in [6.07, 6.45) is 1.09. The van der Waals surface area contributed by atoms with Gasteiger partial charge in [0, 0.05) is 24.0 Å². The zero-order valence-corrected chi connectivity index (χ0v) is 24.2. The van der Waals surface area contributed by atoms with Crippen molar-refractivity contribution in [1.82, 2.24) is 15.2 Å². The molecule has 218 valence electrons. The lowest BCUT2D eigenvalue weighted by atomic mass is 9.95. The predicted octanol–water partition coefficient (Wildman–Crippen LogP) is 4.78. The van der Waals surface area contributed by atoms with Gasteiger partial charge in [0.1, 0.15) is 11.6 Å². The Bertz CT molecular complexity index is 1690. The fourth-order valence-corrected chi connectivity index (χ4v) is 6.70. The number of hydrogen-bond donors (Lipinski definition) is 1. The Hall–Kier alpha value is -4.70. The number of para-hydroxylation sites is 2. The van der Waals surface area contributed by atoms with Gasteiger partial charge in [-0.3, -0.25) is 19.3 Å². The van der Waals surface area contributed by atoms with Gasteiger partial charge in [0.05, 0.1) is 41.5 Å². The van der Waals surface area contributed by atoms with Gasteiger partial charge in [-0.2, -0.15) is 0 Å². The number of aromatic nitrogens is 1. The van der Waals surface area contributed by atoms with Crippen LogP contribution in [0.4, 0.5) is 5.69 Å². The van der Waals surface area contributed by atoms with E-state index in [1.54, 1.807) is 12.1 Å². The quantitative estimate of drug-likeness (QED) is 0.308. The molecule has 1 N–H and O–H groups in total. The Balaban J connectivity index is 1.01. The Morgan fingerprint density at radius 1 is 0.977 bits per heavy atom. The number of carbonyl (C=O) groups is 3. The maximum Gasteiger partial charge on any atom is 0.263 e. The second-order valence-corrected chi connectivity index (χ2v) is 11.9. The average molecular weight is 595 g/mol. The summed E-state index contributed by atoms with van der Waals surface area (Å²) in [5.41, 5.74) is 3.41. The lowest BCUT2D eigenvalue weighted by molar-refractivity contribution is -0.125. The first-order valence-corrected chi connectivity index (χ1v) is 15.3. The van der Waals surface area contributed by atoms with Crippen molar-refractivity contribution in [1.29, 1.82) is 0 Å². The molecule has 1 fully saturated rings. The van der Waals surface area contributed by atoms with E-state index in [2.05, 4.69) is 15.2 Å². The van der Waals surface area contributed by atoms with Crippen LogP contribution in [0.2, 0.25) is 0 Å². The number of imide groups is 1. The molecule has 3 amide bonds. The smallest absolute Gasteiger partial charge is 0.263 e. The van der Waals surface area contributed by atoms with E-state index >= 15 is 0 Å². The Kier molecular flexibility index (Phi) is 7.28.